The Morgan fingerprint density at radius 2 is 2.00 bits per heavy atom. The molecule has 1 heterocycles. The molecule has 0 radical (unpaired) electrons. The zero-order valence-electron chi connectivity index (χ0n) is 11.2. The van der Waals surface area contributed by atoms with Gasteiger partial charge in [-0.3, -0.25) is 0 Å². The summed E-state index contributed by atoms with van der Waals surface area (Å²) in [6.07, 6.45) is 0.898. The molecule has 0 saturated carbocycles. The molecule has 0 fully saturated rings. The third-order valence-electron chi connectivity index (χ3n) is 2.84. The van der Waals surface area contributed by atoms with Gasteiger partial charge in [0.2, 0.25) is 10.0 Å². The summed E-state index contributed by atoms with van der Waals surface area (Å²) in [5, 5.41) is 0. The molecule has 4 nitrogen and oxygen atoms in total. The predicted octanol–water partition coefficient (Wildman–Crippen LogP) is 3.27. The molecule has 0 spiro atoms. The van der Waals surface area contributed by atoms with Crippen molar-refractivity contribution >= 4 is 43.0 Å². The molecule has 0 amide bonds. The van der Waals surface area contributed by atoms with Gasteiger partial charge in [-0.2, -0.15) is 0 Å². The number of rotatable bonds is 5. The van der Waals surface area contributed by atoms with Crippen LogP contribution in [-0.2, 0) is 23.0 Å². The zero-order chi connectivity index (χ0) is 15.6. The molecule has 0 aliphatic heterocycles. The van der Waals surface area contributed by atoms with Crippen molar-refractivity contribution in [1.82, 2.24) is 4.72 Å². The van der Waals surface area contributed by atoms with Crippen molar-refractivity contribution in [3.8, 4) is 0 Å². The van der Waals surface area contributed by atoms with E-state index in [1.165, 1.54) is 16.2 Å². The van der Waals surface area contributed by atoms with Crippen LogP contribution < -0.4 is 10.5 Å². The Balaban J connectivity index is 2.20. The average molecular weight is 393 g/mol. The van der Waals surface area contributed by atoms with E-state index in [1.807, 2.05) is 19.1 Å². The average Bonchev–Trinajstić information content (AvgIpc) is 2.88. The highest BCUT2D eigenvalue weighted by molar-refractivity contribution is 9.10. The third kappa shape index (κ3) is 3.82. The number of anilines is 1. The van der Waals surface area contributed by atoms with E-state index in [0.717, 1.165) is 23.4 Å². The van der Waals surface area contributed by atoms with Crippen molar-refractivity contribution in [2.24, 2.45) is 0 Å². The van der Waals surface area contributed by atoms with Crippen molar-refractivity contribution < 1.29 is 12.8 Å². The quantitative estimate of drug-likeness (QED) is 0.766. The summed E-state index contributed by atoms with van der Waals surface area (Å²) < 4.78 is 40.8. The van der Waals surface area contributed by atoms with E-state index in [2.05, 4.69) is 20.7 Å². The van der Waals surface area contributed by atoms with Crippen molar-refractivity contribution in [1.29, 1.82) is 0 Å². The molecule has 0 unspecified atom stereocenters. The highest BCUT2D eigenvalue weighted by atomic mass is 79.9. The summed E-state index contributed by atoms with van der Waals surface area (Å²) >= 11 is 4.58. The van der Waals surface area contributed by atoms with Gasteiger partial charge in [-0.1, -0.05) is 6.92 Å². The maximum absolute atomic E-state index is 13.8. The van der Waals surface area contributed by atoms with Gasteiger partial charge in [0.15, 0.2) is 0 Å². The largest absolute Gasteiger partial charge is 0.398 e. The Morgan fingerprint density at radius 1 is 1.33 bits per heavy atom. The smallest absolute Gasteiger partial charge is 0.243 e. The molecule has 0 aliphatic carbocycles. The first kappa shape index (κ1) is 16.4. The maximum atomic E-state index is 13.8. The number of sulfonamides is 1. The fourth-order valence-electron chi connectivity index (χ4n) is 1.70. The monoisotopic (exact) mass is 392 g/mol. The number of hydrogen-bond acceptors (Lipinski definition) is 4. The summed E-state index contributed by atoms with van der Waals surface area (Å²) in [4.78, 5) is 1.60. The van der Waals surface area contributed by atoms with E-state index in [1.54, 1.807) is 0 Å². The minimum absolute atomic E-state index is 0.127. The first-order valence-corrected chi connectivity index (χ1v) is 9.24. The summed E-state index contributed by atoms with van der Waals surface area (Å²) in [6.45, 7) is 2.15. The van der Waals surface area contributed by atoms with Crippen molar-refractivity contribution in [2.75, 3.05) is 5.73 Å². The van der Waals surface area contributed by atoms with Crippen LogP contribution >= 0.6 is 27.3 Å². The third-order valence-corrected chi connectivity index (χ3v) is 6.18. The minimum Gasteiger partial charge on any atom is -0.398 e. The van der Waals surface area contributed by atoms with Crippen molar-refractivity contribution in [3.05, 3.63) is 44.3 Å². The Hall–Kier alpha value is -0.960. The number of nitrogens with two attached hydrogens (primary N) is 1. The number of thiophene rings is 1. The van der Waals surface area contributed by atoms with Gasteiger partial charge in [-0.15, -0.1) is 11.3 Å². The molecule has 2 rings (SSSR count). The molecule has 0 aliphatic rings. The molecule has 3 N–H and O–H groups in total. The molecule has 0 bridgehead atoms. The SMILES string of the molecule is CCc1ccc(CNS(=O)(=O)c2cc(N)c(Br)cc2F)s1. The maximum Gasteiger partial charge on any atom is 0.243 e. The van der Waals surface area contributed by atoms with Crippen molar-refractivity contribution in [3.63, 3.8) is 0 Å². The fraction of sp³-hybridized carbons (Fsp3) is 0.231. The molecule has 8 heteroatoms. The molecule has 0 atom stereocenters. The van der Waals surface area contributed by atoms with Gasteiger partial charge in [0.25, 0.3) is 0 Å². The highest BCUT2D eigenvalue weighted by Crippen LogP contribution is 2.26. The van der Waals surface area contributed by atoms with E-state index < -0.39 is 20.7 Å². The minimum atomic E-state index is -3.95. The first-order chi connectivity index (χ1) is 9.83. The van der Waals surface area contributed by atoms with Gasteiger partial charge in [0.05, 0.1) is 0 Å². The van der Waals surface area contributed by atoms with Crippen LogP contribution in [0.4, 0.5) is 10.1 Å². The van der Waals surface area contributed by atoms with Gasteiger partial charge in [0, 0.05) is 26.5 Å². The molecule has 1 aromatic heterocycles. The van der Waals surface area contributed by atoms with E-state index in [-0.39, 0.29) is 12.2 Å². The number of nitrogens with one attached hydrogen (secondary N) is 1. The van der Waals surface area contributed by atoms with E-state index in [0.29, 0.717) is 4.47 Å². The number of halogens is 2. The van der Waals surface area contributed by atoms with Crippen LogP contribution in [-0.4, -0.2) is 8.42 Å². The van der Waals surface area contributed by atoms with Gasteiger partial charge in [-0.05, 0) is 46.6 Å². The van der Waals surface area contributed by atoms with Crippen molar-refractivity contribution in [2.45, 2.75) is 24.8 Å². The Morgan fingerprint density at radius 3 is 2.62 bits per heavy atom. The molecule has 2 aromatic rings. The second kappa shape index (κ2) is 6.43. The summed E-state index contributed by atoms with van der Waals surface area (Å²) in [5.74, 6) is -0.844. The van der Waals surface area contributed by atoms with Gasteiger partial charge < -0.3 is 5.73 Å². The van der Waals surface area contributed by atoms with Crippen LogP contribution in [0.3, 0.4) is 0 Å². The second-order valence-electron chi connectivity index (χ2n) is 4.35. The zero-order valence-corrected chi connectivity index (χ0v) is 14.4. The lowest BCUT2D eigenvalue weighted by atomic mass is 10.3. The molecule has 21 heavy (non-hydrogen) atoms. The van der Waals surface area contributed by atoms with E-state index >= 15 is 0 Å². The van der Waals surface area contributed by atoms with Crippen LogP contribution in [0.15, 0.2) is 33.6 Å². The molecule has 114 valence electrons. The van der Waals surface area contributed by atoms with Crippen LogP contribution in [0, 0.1) is 5.82 Å². The van der Waals surface area contributed by atoms with Crippen LogP contribution in [0.25, 0.3) is 0 Å². The lowest BCUT2D eigenvalue weighted by Crippen LogP contribution is -2.24. The Bertz CT molecular complexity index is 760. The number of hydrogen-bond donors (Lipinski definition) is 2. The number of aryl methyl sites for hydroxylation is 1. The Kier molecular flexibility index (Phi) is 5.03. The lowest BCUT2D eigenvalue weighted by Gasteiger charge is -2.08. The van der Waals surface area contributed by atoms with Crippen LogP contribution in [0.5, 0.6) is 0 Å². The number of benzene rings is 1. The standard InChI is InChI=1S/C13H14BrFN2O2S2/c1-2-8-3-4-9(20-8)7-17-21(18,19)13-6-12(16)10(14)5-11(13)15/h3-6,17H,2,7,16H2,1H3. The highest BCUT2D eigenvalue weighted by Gasteiger charge is 2.20. The topological polar surface area (TPSA) is 72.2 Å². The van der Waals surface area contributed by atoms with Crippen LogP contribution in [0.1, 0.15) is 16.7 Å². The van der Waals surface area contributed by atoms with Gasteiger partial charge in [-0.25, -0.2) is 17.5 Å². The second-order valence-corrected chi connectivity index (χ2v) is 8.19. The molecular weight excluding hydrogens is 379 g/mol. The van der Waals surface area contributed by atoms with Gasteiger partial charge >= 0.3 is 0 Å². The van der Waals surface area contributed by atoms with Gasteiger partial charge in [0.1, 0.15) is 10.7 Å². The molecular formula is C13H14BrFN2O2S2. The predicted molar refractivity (Wildman–Crippen MR) is 86.2 cm³/mol. The number of nitrogen functional groups attached to an aromatic ring is 1. The molecule has 1 aromatic carbocycles. The normalized spacial score (nSPS) is 11.8. The summed E-state index contributed by atoms with van der Waals surface area (Å²) in [7, 11) is -3.95. The summed E-state index contributed by atoms with van der Waals surface area (Å²) in [6, 6.07) is 5.96. The van der Waals surface area contributed by atoms with Crippen LogP contribution in [0.2, 0.25) is 0 Å². The van der Waals surface area contributed by atoms with E-state index in [9.17, 15) is 12.8 Å². The lowest BCUT2D eigenvalue weighted by molar-refractivity contribution is 0.557. The first-order valence-electron chi connectivity index (χ1n) is 6.15. The Labute approximate surface area is 135 Å². The van der Waals surface area contributed by atoms with E-state index in [4.69, 9.17) is 5.73 Å². The fourth-order valence-corrected chi connectivity index (χ4v) is 4.11. The molecule has 0 saturated heterocycles. The summed E-state index contributed by atoms with van der Waals surface area (Å²) in [5.41, 5.74) is 5.78.